The zero-order valence-corrected chi connectivity index (χ0v) is 15.1. The van der Waals surface area contributed by atoms with Crippen LogP contribution in [0.4, 0.5) is 0 Å². The van der Waals surface area contributed by atoms with Crippen molar-refractivity contribution in [3.8, 4) is 0 Å². The summed E-state index contributed by atoms with van der Waals surface area (Å²) in [5, 5.41) is 8.88. The lowest BCUT2D eigenvalue weighted by Crippen LogP contribution is -2.50. The van der Waals surface area contributed by atoms with Gasteiger partial charge in [0.05, 0.1) is 0 Å². The Morgan fingerprint density at radius 3 is 2.21 bits per heavy atom. The number of aliphatic carboxylic acids is 1. The van der Waals surface area contributed by atoms with Crippen molar-refractivity contribution >= 4 is 17.8 Å². The first-order valence-electron chi connectivity index (χ1n) is 8.97. The second kappa shape index (κ2) is 7.53. The molecule has 2 amide bonds. The molecule has 0 aromatic carbocycles. The third kappa shape index (κ3) is 4.95. The Kier molecular flexibility index (Phi) is 5.88. The van der Waals surface area contributed by atoms with Gasteiger partial charge in [-0.25, -0.2) is 0 Å². The molecule has 0 aromatic rings. The number of carboxylic acid groups (broad SMARTS) is 1. The molecular weight excluding hydrogens is 308 g/mol. The highest BCUT2D eigenvalue weighted by Gasteiger charge is 2.38. The van der Waals surface area contributed by atoms with E-state index in [0.717, 1.165) is 25.7 Å². The van der Waals surface area contributed by atoms with E-state index in [4.69, 9.17) is 5.11 Å². The fraction of sp³-hybridized carbons (Fsp3) is 0.833. The molecule has 2 heterocycles. The smallest absolute Gasteiger partial charge is 0.303 e. The number of nitrogens with zero attached hydrogens (tertiary/aromatic N) is 2. The molecule has 24 heavy (non-hydrogen) atoms. The van der Waals surface area contributed by atoms with Crippen LogP contribution in [0.15, 0.2) is 0 Å². The van der Waals surface area contributed by atoms with Gasteiger partial charge in [0.15, 0.2) is 0 Å². The van der Waals surface area contributed by atoms with Gasteiger partial charge in [-0.15, -0.1) is 0 Å². The van der Waals surface area contributed by atoms with E-state index in [1.54, 1.807) is 4.90 Å². The van der Waals surface area contributed by atoms with E-state index in [-0.39, 0.29) is 35.6 Å². The normalized spacial score (nSPS) is 22.7. The van der Waals surface area contributed by atoms with Crippen molar-refractivity contribution in [3.05, 3.63) is 0 Å². The van der Waals surface area contributed by atoms with Gasteiger partial charge in [0.25, 0.3) is 0 Å². The molecule has 2 fully saturated rings. The Balaban J connectivity index is 1.92. The Morgan fingerprint density at radius 2 is 1.67 bits per heavy atom. The maximum Gasteiger partial charge on any atom is 0.303 e. The van der Waals surface area contributed by atoms with E-state index < -0.39 is 5.97 Å². The number of carbonyl (C=O) groups is 3. The quantitative estimate of drug-likeness (QED) is 0.852. The molecular formula is C18H30N2O4. The number of hydrogen-bond acceptors (Lipinski definition) is 3. The van der Waals surface area contributed by atoms with Gasteiger partial charge in [0.1, 0.15) is 6.04 Å². The zero-order chi connectivity index (χ0) is 17.9. The van der Waals surface area contributed by atoms with E-state index in [1.165, 1.54) is 0 Å². The lowest BCUT2D eigenvalue weighted by Gasteiger charge is -2.35. The van der Waals surface area contributed by atoms with Crippen LogP contribution >= 0.6 is 0 Å². The average Bonchev–Trinajstić information content (AvgIpc) is 2.94. The van der Waals surface area contributed by atoms with Crippen LogP contribution in [0, 0.1) is 11.3 Å². The standard InChI is InChI=1S/C18H30N2O4/c1-18(2,3)12-15(21)20-8-4-5-14(20)17(24)19-9-6-13(7-10-19)11-16(22)23/h13-14H,4-12H2,1-3H3,(H,22,23). The van der Waals surface area contributed by atoms with Gasteiger partial charge in [-0.2, -0.15) is 0 Å². The predicted molar refractivity (Wildman–Crippen MR) is 90.4 cm³/mol. The summed E-state index contributed by atoms with van der Waals surface area (Å²) in [5.74, 6) is -0.495. The number of likely N-dealkylation sites (tertiary alicyclic amines) is 2. The molecule has 1 N–H and O–H groups in total. The summed E-state index contributed by atoms with van der Waals surface area (Å²) < 4.78 is 0. The highest BCUT2D eigenvalue weighted by molar-refractivity contribution is 5.88. The van der Waals surface area contributed by atoms with Crippen molar-refractivity contribution < 1.29 is 19.5 Å². The van der Waals surface area contributed by atoms with Crippen molar-refractivity contribution in [2.24, 2.45) is 11.3 Å². The van der Waals surface area contributed by atoms with Crippen molar-refractivity contribution in [2.45, 2.75) is 65.3 Å². The van der Waals surface area contributed by atoms with Crippen LogP contribution < -0.4 is 0 Å². The van der Waals surface area contributed by atoms with Gasteiger partial charge < -0.3 is 14.9 Å². The van der Waals surface area contributed by atoms with Crippen LogP contribution in [-0.4, -0.2) is 58.4 Å². The summed E-state index contributed by atoms with van der Waals surface area (Å²) in [6.07, 6.45) is 3.73. The predicted octanol–water partition coefficient (Wildman–Crippen LogP) is 2.13. The van der Waals surface area contributed by atoms with Crippen LogP contribution in [0.5, 0.6) is 0 Å². The molecule has 0 saturated carbocycles. The first kappa shape index (κ1) is 18.7. The van der Waals surface area contributed by atoms with Crippen molar-refractivity contribution in [3.63, 3.8) is 0 Å². The Labute approximate surface area is 144 Å². The molecule has 0 aromatic heterocycles. The van der Waals surface area contributed by atoms with Crippen molar-refractivity contribution in [2.75, 3.05) is 19.6 Å². The van der Waals surface area contributed by atoms with E-state index >= 15 is 0 Å². The fourth-order valence-electron chi connectivity index (χ4n) is 3.69. The molecule has 2 rings (SSSR count). The minimum absolute atomic E-state index is 0.0449. The largest absolute Gasteiger partial charge is 0.481 e. The van der Waals surface area contributed by atoms with Crippen LogP contribution in [0.2, 0.25) is 0 Å². The second-order valence-electron chi connectivity index (χ2n) is 8.35. The summed E-state index contributed by atoms with van der Waals surface area (Å²) in [6, 6.07) is -0.323. The number of amides is 2. The summed E-state index contributed by atoms with van der Waals surface area (Å²) >= 11 is 0. The molecule has 136 valence electrons. The SMILES string of the molecule is CC(C)(C)CC(=O)N1CCCC1C(=O)N1CCC(CC(=O)O)CC1. The maximum absolute atomic E-state index is 12.8. The van der Waals surface area contributed by atoms with E-state index in [0.29, 0.717) is 26.1 Å². The lowest BCUT2D eigenvalue weighted by molar-refractivity contribution is -0.146. The molecule has 0 aliphatic carbocycles. The maximum atomic E-state index is 12.8. The third-order valence-electron chi connectivity index (χ3n) is 4.93. The van der Waals surface area contributed by atoms with Gasteiger partial charge in [0, 0.05) is 32.5 Å². The number of carboxylic acids is 1. The number of hydrogen-bond donors (Lipinski definition) is 1. The first-order chi connectivity index (χ1) is 11.2. The Bertz CT molecular complexity index is 490. The van der Waals surface area contributed by atoms with E-state index in [2.05, 4.69) is 0 Å². The monoisotopic (exact) mass is 338 g/mol. The highest BCUT2D eigenvalue weighted by Crippen LogP contribution is 2.27. The minimum Gasteiger partial charge on any atom is -0.481 e. The van der Waals surface area contributed by atoms with Crippen molar-refractivity contribution in [1.82, 2.24) is 9.80 Å². The topological polar surface area (TPSA) is 77.9 Å². The summed E-state index contributed by atoms with van der Waals surface area (Å²) in [4.78, 5) is 39.7. The van der Waals surface area contributed by atoms with E-state index in [9.17, 15) is 14.4 Å². The highest BCUT2D eigenvalue weighted by atomic mass is 16.4. The molecule has 1 unspecified atom stereocenters. The fourth-order valence-corrected chi connectivity index (χ4v) is 3.69. The number of rotatable bonds is 4. The van der Waals surface area contributed by atoms with Crippen LogP contribution in [0.1, 0.15) is 59.3 Å². The molecule has 0 radical (unpaired) electrons. The number of carbonyl (C=O) groups excluding carboxylic acids is 2. The number of piperidine rings is 1. The minimum atomic E-state index is -0.769. The van der Waals surface area contributed by atoms with Crippen molar-refractivity contribution in [1.29, 1.82) is 0 Å². The molecule has 2 saturated heterocycles. The molecule has 0 spiro atoms. The van der Waals surface area contributed by atoms with Gasteiger partial charge in [-0.3, -0.25) is 14.4 Å². The summed E-state index contributed by atoms with van der Waals surface area (Å²) in [7, 11) is 0. The second-order valence-corrected chi connectivity index (χ2v) is 8.35. The van der Waals surface area contributed by atoms with Gasteiger partial charge >= 0.3 is 5.97 Å². The van der Waals surface area contributed by atoms with E-state index in [1.807, 2.05) is 25.7 Å². The molecule has 2 aliphatic rings. The summed E-state index contributed by atoms with van der Waals surface area (Å²) in [6.45, 7) is 7.98. The lowest BCUT2D eigenvalue weighted by atomic mass is 9.91. The van der Waals surface area contributed by atoms with Gasteiger partial charge in [0.2, 0.25) is 11.8 Å². The third-order valence-corrected chi connectivity index (χ3v) is 4.93. The molecule has 6 nitrogen and oxygen atoms in total. The molecule has 0 bridgehead atoms. The zero-order valence-electron chi connectivity index (χ0n) is 15.1. The van der Waals surface area contributed by atoms with Gasteiger partial charge in [-0.1, -0.05) is 20.8 Å². The summed E-state index contributed by atoms with van der Waals surface area (Å²) in [5.41, 5.74) is -0.0809. The van der Waals surface area contributed by atoms with Crippen LogP contribution in [-0.2, 0) is 14.4 Å². The average molecular weight is 338 g/mol. The molecule has 1 atom stereocenters. The van der Waals surface area contributed by atoms with Crippen LogP contribution in [0.3, 0.4) is 0 Å². The Hall–Kier alpha value is -1.59. The molecule has 6 heteroatoms. The Morgan fingerprint density at radius 1 is 1.04 bits per heavy atom. The first-order valence-corrected chi connectivity index (χ1v) is 8.97. The molecule has 2 aliphatic heterocycles. The van der Waals surface area contributed by atoms with Gasteiger partial charge in [-0.05, 0) is 37.0 Å². The van der Waals surface area contributed by atoms with Crippen LogP contribution in [0.25, 0.3) is 0 Å².